The van der Waals surface area contributed by atoms with E-state index in [9.17, 15) is 17.6 Å². The van der Waals surface area contributed by atoms with Crippen molar-refractivity contribution in [3.8, 4) is 11.5 Å². The molecular weight excluding hydrogens is 684 g/mol. The maximum Gasteiger partial charge on any atom is 0.264 e. The molecule has 13 heteroatoms. The van der Waals surface area contributed by atoms with Crippen LogP contribution in [0.2, 0.25) is 10.0 Å². The highest BCUT2D eigenvalue weighted by Gasteiger charge is 2.29. The molecule has 1 N–H and O–H groups in total. The quantitative estimate of drug-likeness (QED) is 0.132. The average Bonchev–Trinajstić information content (AvgIpc) is 2.96. The minimum absolute atomic E-state index is 0.0877. The van der Waals surface area contributed by atoms with E-state index >= 15 is 0 Å². The number of methoxy groups -OCH3 is 1. The van der Waals surface area contributed by atoms with Crippen LogP contribution in [0.25, 0.3) is 0 Å². The molecule has 0 saturated carbocycles. The van der Waals surface area contributed by atoms with Crippen LogP contribution in [0.3, 0.4) is 0 Å². The summed E-state index contributed by atoms with van der Waals surface area (Å²) >= 11 is 15.7. The van der Waals surface area contributed by atoms with E-state index in [0.717, 1.165) is 17.2 Å². The minimum Gasteiger partial charge on any atom is -0.493 e. The van der Waals surface area contributed by atoms with Gasteiger partial charge in [-0.1, -0.05) is 59.1 Å². The van der Waals surface area contributed by atoms with Crippen LogP contribution >= 0.6 is 39.1 Å². The number of amides is 1. The van der Waals surface area contributed by atoms with E-state index in [2.05, 4.69) is 26.5 Å². The molecule has 0 aliphatic rings. The molecule has 0 spiro atoms. The molecule has 0 saturated heterocycles. The zero-order valence-corrected chi connectivity index (χ0v) is 26.8. The molecule has 4 aromatic carbocycles. The lowest BCUT2D eigenvalue weighted by Crippen LogP contribution is -2.40. The summed E-state index contributed by atoms with van der Waals surface area (Å²) in [4.78, 5) is 12.8. The number of para-hydroxylation sites is 1. The molecule has 224 valence electrons. The molecule has 0 aliphatic carbocycles. The van der Waals surface area contributed by atoms with Crippen LogP contribution in [-0.4, -0.2) is 34.2 Å². The van der Waals surface area contributed by atoms with Crippen molar-refractivity contribution < 1.29 is 27.1 Å². The van der Waals surface area contributed by atoms with Gasteiger partial charge in [0.05, 0.1) is 28.4 Å². The number of rotatable bonds is 11. The van der Waals surface area contributed by atoms with Crippen molar-refractivity contribution in [3.05, 3.63) is 116 Å². The number of nitrogens with one attached hydrogen (secondary N) is 1. The SMILES string of the molecule is COc1cc(C=NNC(=O)CN(c2ccccc2F)S(=O)(=O)c2ccc(C)cc2)cc(Br)c1OCc1ccc(Cl)cc1Cl. The second-order valence-electron chi connectivity index (χ2n) is 9.13. The molecule has 0 aliphatic heterocycles. The lowest BCUT2D eigenvalue weighted by Gasteiger charge is -2.24. The molecular formula is C30H25BrCl2FN3O5S. The number of anilines is 1. The standard InChI is InChI=1S/C30H25BrCl2FN3O5S/c1-19-7-11-23(12-8-19)43(39,40)37(27-6-4-3-5-26(27)34)17-29(38)36-35-16-20-13-24(31)30(28(14-20)41-2)42-18-21-9-10-22(32)15-25(21)33/h3-16H,17-18H2,1-2H3,(H,36,38). The van der Waals surface area contributed by atoms with Gasteiger partial charge in [-0.25, -0.2) is 18.2 Å². The van der Waals surface area contributed by atoms with Crippen LogP contribution in [0, 0.1) is 12.7 Å². The van der Waals surface area contributed by atoms with E-state index in [1.54, 1.807) is 42.5 Å². The van der Waals surface area contributed by atoms with E-state index in [4.69, 9.17) is 32.7 Å². The summed E-state index contributed by atoms with van der Waals surface area (Å²) in [6, 6.07) is 19.7. The molecule has 0 radical (unpaired) electrons. The van der Waals surface area contributed by atoms with Gasteiger partial charge in [-0.3, -0.25) is 9.10 Å². The Balaban J connectivity index is 1.49. The fourth-order valence-corrected chi connectivity index (χ4v) is 6.34. The number of carbonyl (C=O) groups excluding carboxylic acids is 1. The zero-order valence-electron chi connectivity index (χ0n) is 22.9. The number of benzene rings is 4. The van der Waals surface area contributed by atoms with Crippen molar-refractivity contribution in [2.75, 3.05) is 18.0 Å². The summed E-state index contributed by atoms with van der Waals surface area (Å²) in [5.74, 6) is -0.799. The van der Waals surface area contributed by atoms with Crippen LogP contribution in [-0.2, 0) is 21.4 Å². The summed E-state index contributed by atoms with van der Waals surface area (Å²) in [6.45, 7) is 1.24. The maximum atomic E-state index is 14.7. The van der Waals surface area contributed by atoms with E-state index in [0.29, 0.717) is 35.9 Å². The first kappa shape index (κ1) is 32.3. The largest absolute Gasteiger partial charge is 0.493 e. The number of hydrazone groups is 1. The number of halogens is 4. The van der Waals surface area contributed by atoms with Crippen LogP contribution < -0.4 is 19.2 Å². The van der Waals surface area contributed by atoms with Gasteiger partial charge < -0.3 is 9.47 Å². The van der Waals surface area contributed by atoms with Gasteiger partial charge in [-0.05, 0) is 76.9 Å². The minimum atomic E-state index is -4.29. The summed E-state index contributed by atoms with van der Waals surface area (Å²) < 4.78 is 54.2. The lowest BCUT2D eigenvalue weighted by molar-refractivity contribution is -0.119. The van der Waals surface area contributed by atoms with Crippen molar-refractivity contribution in [2.45, 2.75) is 18.4 Å². The zero-order chi connectivity index (χ0) is 31.1. The van der Waals surface area contributed by atoms with Gasteiger partial charge in [0.1, 0.15) is 19.0 Å². The third kappa shape index (κ3) is 8.05. The Bertz CT molecular complexity index is 1770. The smallest absolute Gasteiger partial charge is 0.264 e. The predicted octanol–water partition coefficient (Wildman–Crippen LogP) is 7.14. The maximum absolute atomic E-state index is 14.7. The van der Waals surface area contributed by atoms with Crippen LogP contribution in [0.15, 0.2) is 93.3 Å². The highest BCUT2D eigenvalue weighted by molar-refractivity contribution is 9.10. The Kier molecular flexibility index (Phi) is 10.7. The molecule has 0 atom stereocenters. The molecule has 0 unspecified atom stereocenters. The molecule has 8 nitrogen and oxygen atoms in total. The average molecular weight is 709 g/mol. The molecule has 0 fully saturated rings. The Morgan fingerprint density at radius 2 is 1.79 bits per heavy atom. The van der Waals surface area contributed by atoms with E-state index in [1.807, 2.05) is 6.92 Å². The number of hydrogen-bond donors (Lipinski definition) is 1. The van der Waals surface area contributed by atoms with Crippen LogP contribution in [0.1, 0.15) is 16.7 Å². The monoisotopic (exact) mass is 707 g/mol. The topological polar surface area (TPSA) is 97.3 Å². The Morgan fingerprint density at radius 1 is 1.07 bits per heavy atom. The van der Waals surface area contributed by atoms with Gasteiger partial charge in [0.2, 0.25) is 0 Å². The molecule has 0 aromatic heterocycles. The van der Waals surface area contributed by atoms with E-state index in [-0.39, 0.29) is 17.2 Å². The van der Waals surface area contributed by atoms with Crippen molar-refractivity contribution in [1.29, 1.82) is 0 Å². The number of nitrogens with zero attached hydrogens (tertiary/aromatic N) is 2. The fraction of sp³-hybridized carbons (Fsp3) is 0.133. The first-order chi connectivity index (χ1) is 20.5. The highest BCUT2D eigenvalue weighted by atomic mass is 79.9. The predicted molar refractivity (Wildman–Crippen MR) is 169 cm³/mol. The van der Waals surface area contributed by atoms with Gasteiger partial charge in [-0.15, -0.1) is 0 Å². The Hall–Kier alpha value is -3.64. The molecule has 43 heavy (non-hydrogen) atoms. The lowest BCUT2D eigenvalue weighted by atomic mass is 10.2. The van der Waals surface area contributed by atoms with Gasteiger partial charge in [0.25, 0.3) is 15.9 Å². The third-order valence-electron chi connectivity index (χ3n) is 6.06. The Morgan fingerprint density at radius 3 is 2.47 bits per heavy atom. The molecule has 4 rings (SSSR count). The number of hydrogen-bond acceptors (Lipinski definition) is 6. The fourth-order valence-electron chi connectivity index (χ4n) is 3.88. The van der Waals surface area contributed by atoms with E-state index < -0.39 is 28.3 Å². The van der Waals surface area contributed by atoms with Crippen molar-refractivity contribution in [1.82, 2.24) is 5.43 Å². The summed E-state index contributed by atoms with van der Waals surface area (Å²) in [5.41, 5.74) is 4.13. The normalized spacial score (nSPS) is 11.4. The summed E-state index contributed by atoms with van der Waals surface area (Å²) in [5, 5.41) is 4.92. The Labute approximate surface area is 267 Å². The van der Waals surface area contributed by atoms with Crippen molar-refractivity contribution in [3.63, 3.8) is 0 Å². The first-order valence-corrected chi connectivity index (χ1v) is 15.6. The van der Waals surface area contributed by atoms with E-state index in [1.165, 1.54) is 43.7 Å². The van der Waals surface area contributed by atoms with Gasteiger partial charge in [0, 0.05) is 15.6 Å². The summed E-state index contributed by atoms with van der Waals surface area (Å²) in [7, 11) is -2.82. The highest BCUT2D eigenvalue weighted by Crippen LogP contribution is 2.37. The number of sulfonamides is 1. The molecule has 1 amide bonds. The molecule has 0 bridgehead atoms. The summed E-state index contributed by atoms with van der Waals surface area (Å²) in [6.07, 6.45) is 1.34. The third-order valence-corrected chi connectivity index (χ3v) is 9.01. The molecule has 0 heterocycles. The van der Waals surface area contributed by atoms with Crippen LogP contribution in [0.5, 0.6) is 11.5 Å². The number of ether oxygens (including phenoxy) is 2. The number of aryl methyl sites for hydroxylation is 1. The van der Waals surface area contributed by atoms with Crippen molar-refractivity contribution in [2.24, 2.45) is 5.10 Å². The molecule has 4 aromatic rings. The second-order valence-corrected chi connectivity index (χ2v) is 12.7. The van der Waals surface area contributed by atoms with Gasteiger partial charge in [-0.2, -0.15) is 5.10 Å². The second kappa shape index (κ2) is 14.2. The van der Waals surface area contributed by atoms with Crippen molar-refractivity contribution >= 4 is 67.0 Å². The number of carbonyl (C=O) groups is 1. The van der Waals surface area contributed by atoms with Crippen LogP contribution in [0.4, 0.5) is 10.1 Å². The first-order valence-electron chi connectivity index (χ1n) is 12.6. The van der Waals surface area contributed by atoms with Gasteiger partial charge >= 0.3 is 0 Å². The van der Waals surface area contributed by atoms with Gasteiger partial charge in [0.15, 0.2) is 11.5 Å².